The Morgan fingerprint density at radius 3 is 2.27 bits per heavy atom. The van der Waals surface area contributed by atoms with Crippen molar-refractivity contribution in [2.75, 3.05) is 46.3 Å². The molecule has 0 bridgehead atoms. The molecule has 0 spiro atoms. The van der Waals surface area contributed by atoms with Gasteiger partial charge < -0.3 is 15.1 Å². The van der Waals surface area contributed by atoms with Gasteiger partial charge in [-0.25, -0.2) is 0 Å². The van der Waals surface area contributed by atoms with Crippen molar-refractivity contribution in [2.45, 2.75) is 25.4 Å². The Morgan fingerprint density at radius 2 is 1.57 bits per heavy atom. The van der Waals surface area contributed by atoms with Gasteiger partial charge in [0.15, 0.2) is 0 Å². The summed E-state index contributed by atoms with van der Waals surface area (Å²) in [7, 11) is 2.08. The molecule has 2 fully saturated rings. The lowest BCUT2D eigenvalue weighted by Gasteiger charge is -2.32. The van der Waals surface area contributed by atoms with Crippen molar-refractivity contribution in [2.24, 2.45) is 0 Å². The van der Waals surface area contributed by atoms with Crippen LogP contribution in [0.3, 0.4) is 0 Å². The van der Waals surface area contributed by atoms with Gasteiger partial charge in [-0.3, -0.25) is 19.5 Å². The Kier molecular flexibility index (Phi) is 7.92. The van der Waals surface area contributed by atoms with Crippen molar-refractivity contribution in [1.29, 1.82) is 0 Å². The van der Waals surface area contributed by atoms with Gasteiger partial charge in [-0.05, 0) is 49.7 Å². The summed E-state index contributed by atoms with van der Waals surface area (Å²) < 4.78 is 0. The number of carbonyl (C=O) groups excluding carboxylic acids is 2. The highest BCUT2D eigenvalue weighted by Gasteiger charge is 2.22. The number of likely N-dealkylation sites (N-methyl/N-ethyl adjacent to an activating group) is 1. The van der Waals surface area contributed by atoms with Gasteiger partial charge in [0.1, 0.15) is 0 Å². The molecule has 7 nitrogen and oxygen atoms in total. The number of piperazine rings is 1. The van der Waals surface area contributed by atoms with E-state index < -0.39 is 0 Å². The molecule has 0 radical (unpaired) electrons. The second kappa shape index (κ2) is 11.7. The molecule has 2 aliphatic heterocycles. The van der Waals surface area contributed by atoms with E-state index in [1.807, 2.05) is 41.3 Å². The number of hydrogen-bond donors (Lipinski definition) is 1. The molecule has 2 amide bonds. The summed E-state index contributed by atoms with van der Waals surface area (Å²) in [5.74, 6) is 0.00239. The SMILES string of the molecule is CN1CCN(C(=O)c2ccc(-c3cc(C(=O)NC4CCN(Cc5ccccc5)CC4)ccn3)cc2)CC1. The molecule has 3 aromatic rings. The van der Waals surface area contributed by atoms with Crippen molar-refractivity contribution in [3.63, 3.8) is 0 Å². The summed E-state index contributed by atoms with van der Waals surface area (Å²) in [5.41, 5.74) is 4.23. The second-order valence-corrected chi connectivity index (χ2v) is 10.1. The largest absolute Gasteiger partial charge is 0.349 e. The maximum absolute atomic E-state index is 13.0. The van der Waals surface area contributed by atoms with Crippen molar-refractivity contribution in [3.05, 3.63) is 89.6 Å². The van der Waals surface area contributed by atoms with Crippen LogP contribution in [0.15, 0.2) is 72.9 Å². The van der Waals surface area contributed by atoms with Crippen LogP contribution in [0, 0.1) is 0 Å². The molecular weight excluding hydrogens is 462 g/mol. The molecule has 0 atom stereocenters. The van der Waals surface area contributed by atoms with E-state index in [9.17, 15) is 9.59 Å². The van der Waals surface area contributed by atoms with Gasteiger partial charge in [-0.15, -0.1) is 0 Å². The van der Waals surface area contributed by atoms with E-state index in [4.69, 9.17) is 0 Å². The van der Waals surface area contributed by atoms with Crippen LogP contribution in [0.5, 0.6) is 0 Å². The summed E-state index contributed by atoms with van der Waals surface area (Å²) in [6, 6.07) is 21.8. The first kappa shape index (κ1) is 25.1. The number of aromatic nitrogens is 1. The average Bonchev–Trinajstić information content (AvgIpc) is 2.95. The van der Waals surface area contributed by atoms with E-state index in [1.165, 1.54) is 5.56 Å². The number of nitrogens with zero attached hydrogens (tertiary/aromatic N) is 4. The van der Waals surface area contributed by atoms with Crippen LogP contribution in [0.2, 0.25) is 0 Å². The van der Waals surface area contributed by atoms with Crippen LogP contribution in [0.1, 0.15) is 39.1 Å². The lowest BCUT2D eigenvalue weighted by molar-refractivity contribution is 0.0664. The van der Waals surface area contributed by atoms with Crippen molar-refractivity contribution >= 4 is 11.8 Å². The van der Waals surface area contributed by atoms with Gasteiger partial charge in [0.2, 0.25) is 0 Å². The fourth-order valence-corrected chi connectivity index (χ4v) is 5.05. The van der Waals surface area contributed by atoms with Crippen LogP contribution in [0.4, 0.5) is 0 Å². The molecule has 3 heterocycles. The molecule has 37 heavy (non-hydrogen) atoms. The Balaban J connectivity index is 1.16. The van der Waals surface area contributed by atoms with E-state index in [0.717, 1.165) is 69.9 Å². The molecule has 0 saturated carbocycles. The highest BCUT2D eigenvalue weighted by molar-refractivity contribution is 5.96. The standard InChI is InChI=1S/C30H35N5O2/c1-33-17-19-35(20-18-33)30(37)25-9-7-24(8-10-25)28-21-26(11-14-31-28)29(36)32-27-12-15-34(16-13-27)22-23-5-3-2-4-6-23/h2-11,14,21,27H,12-13,15-20,22H2,1H3,(H,32,36). The zero-order valence-electron chi connectivity index (χ0n) is 21.5. The summed E-state index contributed by atoms with van der Waals surface area (Å²) in [4.78, 5) is 36.9. The summed E-state index contributed by atoms with van der Waals surface area (Å²) >= 11 is 0. The second-order valence-electron chi connectivity index (χ2n) is 10.1. The first-order valence-electron chi connectivity index (χ1n) is 13.2. The van der Waals surface area contributed by atoms with E-state index in [0.29, 0.717) is 11.1 Å². The van der Waals surface area contributed by atoms with Crippen molar-refractivity contribution < 1.29 is 9.59 Å². The third-order valence-corrected chi connectivity index (χ3v) is 7.41. The Hall–Kier alpha value is -3.55. The first-order valence-corrected chi connectivity index (χ1v) is 13.2. The number of piperidine rings is 1. The van der Waals surface area contributed by atoms with Crippen LogP contribution in [-0.2, 0) is 6.54 Å². The predicted octanol–water partition coefficient (Wildman–Crippen LogP) is 3.53. The summed E-state index contributed by atoms with van der Waals surface area (Å²) in [6.45, 7) is 6.20. The average molecular weight is 498 g/mol. The van der Waals surface area contributed by atoms with Crippen LogP contribution >= 0.6 is 0 Å². The number of nitrogens with one attached hydrogen (secondary N) is 1. The van der Waals surface area contributed by atoms with Crippen LogP contribution in [0.25, 0.3) is 11.3 Å². The number of hydrogen-bond acceptors (Lipinski definition) is 5. The number of benzene rings is 2. The Morgan fingerprint density at radius 1 is 0.865 bits per heavy atom. The molecular formula is C30H35N5O2. The van der Waals surface area contributed by atoms with Gasteiger partial charge >= 0.3 is 0 Å². The number of rotatable bonds is 6. The third-order valence-electron chi connectivity index (χ3n) is 7.41. The molecule has 2 aromatic carbocycles. The maximum atomic E-state index is 13.0. The minimum atomic E-state index is -0.0629. The van der Waals surface area contributed by atoms with Crippen LogP contribution in [-0.4, -0.2) is 83.9 Å². The molecule has 2 aliphatic rings. The fraction of sp³-hybridized carbons (Fsp3) is 0.367. The van der Waals surface area contributed by atoms with Gasteiger partial charge in [-0.1, -0.05) is 42.5 Å². The molecule has 192 valence electrons. The minimum absolute atomic E-state index is 0.0629. The summed E-state index contributed by atoms with van der Waals surface area (Å²) in [5, 5.41) is 3.21. The monoisotopic (exact) mass is 497 g/mol. The molecule has 1 aromatic heterocycles. The lowest BCUT2D eigenvalue weighted by atomic mass is 10.0. The normalized spacial score (nSPS) is 17.5. The summed E-state index contributed by atoms with van der Waals surface area (Å²) in [6.07, 6.45) is 3.56. The molecule has 0 aliphatic carbocycles. The van der Waals surface area contributed by atoms with Gasteiger partial charge in [-0.2, -0.15) is 0 Å². The van der Waals surface area contributed by atoms with Gasteiger partial charge in [0, 0.05) is 74.7 Å². The number of amides is 2. The fourth-order valence-electron chi connectivity index (χ4n) is 5.05. The highest BCUT2D eigenvalue weighted by atomic mass is 16.2. The number of pyridine rings is 1. The lowest BCUT2D eigenvalue weighted by Crippen LogP contribution is -2.47. The molecule has 7 heteroatoms. The Bertz CT molecular complexity index is 1200. The van der Waals surface area contributed by atoms with E-state index in [1.54, 1.807) is 12.3 Å². The zero-order valence-corrected chi connectivity index (χ0v) is 21.5. The van der Waals surface area contributed by atoms with Crippen molar-refractivity contribution in [1.82, 2.24) is 25.0 Å². The van der Waals surface area contributed by atoms with Crippen LogP contribution < -0.4 is 5.32 Å². The number of carbonyl (C=O) groups is 2. The van der Waals surface area contributed by atoms with Gasteiger partial charge in [0.05, 0.1) is 5.69 Å². The number of likely N-dealkylation sites (tertiary alicyclic amines) is 1. The van der Waals surface area contributed by atoms with E-state index >= 15 is 0 Å². The van der Waals surface area contributed by atoms with Gasteiger partial charge in [0.25, 0.3) is 11.8 Å². The molecule has 0 unspecified atom stereocenters. The smallest absolute Gasteiger partial charge is 0.253 e. The maximum Gasteiger partial charge on any atom is 0.253 e. The third kappa shape index (κ3) is 6.42. The Labute approximate surface area is 219 Å². The minimum Gasteiger partial charge on any atom is -0.349 e. The predicted molar refractivity (Wildman–Crippen MR) is 145 cm³/mol. The van der Waals surface area contributed by atoms with E-state index in [2.05, 4.69) is 51.4 Å². The molecule has 5 rings (SSSR count). The van der Waals surface area contributed by atoms with Crippen molar-refractivity contribution in [3.8, 4) is 11.3 Å². The quantitative estimate of drug-likeness (QED) is 0.564. The first-order chi connectivity index (χ1) is 18.0. The molecule has 2 saturated heterocycles. The topological polar surface area (TPSA) is 68.8 Å². The highest BCUT2D eigenvalue weighted by Crippen LogP contribution is 2.20. The van der Waals surface area contributed by atoms with E-state index in [-0.39, 0.29) is 17.9 Å². The molecule has 1 N–H and O–H groups in total. The zero-order chi connectivity index (χ0) is 25.6.